The monoisotopic (exact) mass is 292 g/mol. The summed E-state index contributed by atoms with van der Waals surface area (Å²) in [7, 11) is -3.12. The topological polar surface area (TPSA) is 58.6 Å². The molecule has 1 unspecified atom stereocenters. The van der Waals surface area contributed by atoms with Crippen molar-refractivity contribution in [3.63, 3.8) is 0 Å². The summed E-state index contributed by atoms with van der Waals surface area (Å²) in [4.78, 5) is 0. The quantitative estimate of drug-likeness (QED) is 0.615. The molecule has 0 spiro atoms. The molecule has 1 saturated heterocycles. The molecule has 114 valence electrons. The molecule has 0 radical (unpaired) electrons. The minimum absolute atomic E-state index is 0.0940. The standard InChI is InChI=1S/C13H28N2O3S/c1-3-14-9-5-6-11-19(16,17)15(4-2)12-13-8-7-10-18-13/h13-14H,3-12H2,1-2H3. The molecule has 0 saturated carbocycles. The van der Waals surface area contributed by atoms with Crippen LogP contribution >= 0.6 is 0 Å². The molecule has 0 aromatic heterocycles. The second kappa shape index (κ2) is 8.89. The molecule has 0 aromatic rings. The fourth-order valence-corrected chi connectivity index (χ4v) is 3.91. The number of likely N-dealkylation sites (N-methyl/N-ethyl adjacent to an activating group) is 1. The van der Waals surface area contributed by atoms with Gasteiger partial charge in [0.2, 0.25) is 10.0 Å². The summed E-state index contributed by atoms with van der Waals surface area (Å²) < 4.78 is 31.6. The predicted molar refractivity (Wildman–Crippen MR) is 77.8 cm³/mol. The van der Waals surface area contributed by atoms with Crippen molar-refractivity contribution in [2.75, 3.05) is 38.5 Å². The number of ether oxygens (including phenoxy) is 1. The van der Waals surface area contributed by atoms with Gasteiger partial charge in [0.1, 0.15) is 0 Å². The third-order valence-electron chi connectivity index (χ3n) is 3.43. The van der Waals surface area contributed by atoms with Crippen LogP contribution in [0, 0.1) is 0 Å². The Bertz CT molecular complexity index is 327. The van der Waals surface area contributed by atoms with Gasteiger partial charge in [0.15, 0.2) is 0 Å². The predicted octanol–water partition coefficient (Wildman–Crippen LogP) is 1.21. The van der Waals surface area contributed by atoms with Gasteiger partial charge in [0, 0.05) is 19.7 Å². The second-order valence-corrected chi connectivity index (χ2v) is 7.05. The van der Waals surface area contributed by atoms with Gasteiger partial charge in [-0.1, -0.05) is 13.8 Å². The third-order valence-corrected chi connectivity index (χ3v) is 5.43. The summed E-state index contributed by atoms with van der Waals surface area (Å²) in [6.07, 6.45) is 3.75. The van der Waals surface area contributed by atoms with Crippen LogP contribution in [0.4, 0.5) is 0 Å². The summed E-state index contributed by atoms with van der Waals surface area (Å²) in [6.45, 7) is 7.60. The summed E-state index contributed by atoms with van der Waals surface area (Å²) in [6, 6.07) is 0. The van der Waals surface area contributed by atoms with E-state index in [0.717, 1.165) is 45.4 Å². The molecule has 6 heteroatoms. The molecule has 1 rings (SSSR count). The number of hydrogen-bond donors (Lipinski definition) is 1. The van der Waals surface area contributed by atoms with Gasteiger partial charge in [0.05, 0.1) is 11.9 Å². The third kappa shape index (κ3) is 6.21. The highest BCUT2D eigenvalue weighted by Gasteiger charge is 2.25. The van der Waals surface area contributed by atoms with Gasteiger partial charge >= 0.3 is 0 Å². The molecule has 1 aliphatic rings. The Kier molecular flexibility index (Phi) is 7.90. The first kappa shape index (κ1) is 16.9. The molecule has 0 aromatic carbocycles. The maximum Gasteiger partial charge on any atom is 0.214 e. The zero-order valence-corrected chi connectivity index (χ0v) is 13.0. The van der Waals surface area contributed by atoms with Gasteiger partial charge in [0.25, 0.3) is 0 Å². The maximum atomic E-state index is 12.2. The summed E-state index contributed by atoms with van der Waals surface area (Å²) in [5.41, 5.74) is 0. The molecule has 0 amide bonds. The van der Waals surface area contributed by atoms with E-state index in [4.69, 9.17) is 4.74 Å². The van der Waals surface area contributed by atoms with Crippen LogP contribution in [0.1, 0.15) is 39.5 Å². The van der Waals surface area contributed by atoms with E-state index >= 15 is 0 Å². The van der Waals surface area contributed by atoms with Crippen molar-refractivity contribution in [2.24, 2.45) is 0 Å². The van der Waals surface area contributed by atoms with E-state index in [1.807, 2.05) is 6.92 Å². The van der Waals surface area contributed by atoms with Crippen molar-refractivity contribution in [1.82, 2.24) is 9.62 Å². The largest absolute Gasteiger partial charge is 0.377 e. The van der Waals surface area contributed by atoms with Crippen LogP contribution in [-0.2, 0) is 14.8 Å². The van der Waals surface area contributed by atoms with Crippen molar-refractivity contribution in [3.05, 3.63) is 0 Å². The van der Waals surface area contributed by atoms with Crippen LogP contribution in [0.3, 0.4) is 0 Å². The lowest BCUT2D eigenvalue weighted by molar-refractivity contribution is 0.0947. The van der Waals surface area contributed by atoms with Crippen LogP contribution in [0.2, 0.25) is 0 Å². The normalized spacial score (nSPS) is 20.3. The lowest BCUT2D eigenvalue weighted by atomic mass is 10.2. The van der Waals surface area contributed by atoms with Crippen molar-refractivity contribution in [2.45, 2.75) is 45.6 Å². The molecule has 1 atom stereocenters. The highest BCUT2D eigenvalue weighted by atomic mass is 32.2. The van der Waals surface area contributed by atoms with Crippen molar-refractivity contribution >= 4 is 10.0 Å². The Labute approximate surface area is 117 Å². The number of unbranched alkanes of at least 4 members (excludes halogenated alkanes) is 1. The van der Waals surface area contributed by atoms with E-state index in [0.29, 0.717) is 13.1 Å². The summed E-state index contributed by atoms with van der Waals surface area (Å²) in [5, 5.41) is 3.21. The summed E-state index contributed by atoms with van der Waals surface area (Å²) >= 11 is 0. The van der Waals surface area contributed by atoms with E-state index in [9.17, 15) is 8.42 Å². The van der Waals surface area contributed by atoms with Gasteiger partial charge in [-0.15, -0.1) is 0 Å². The minimum atomic E-state index is -3.12. The van der Waals surface area contributed by atoms with Gasteiger partial charge in [-0.2, -0.15) is 4.31 Å². The smallest absolute Gasteiger partial charge is 0.214 e. The fourth-order valence-electron chi connectivity index (χ4n) is 2.30. The number of sulfonamides is 1. The van der Waals surface area contributed by atoms with Crippen molar-refractivity contribution in [3.8, 4) is 0 Å². The van der Waals surface area contributed by atoms with E-state index in [2.05, 4.69) is 12.2 Å². The molecular weight excluding hydrogens is 264 g/mol. The minimum Gasteiger partial charge on any atom is -0.377 e. The highest BCUT2D eigenvalue weighted by molar-refractivity contribution is 7.89. The lowest BCUT2D eigenvalue weighted by Gasteiger charge is -2.23. The molecule has 0 aliphatic carbocycles. The van der Waals surface area contributed by atoms with Crippen LogP contribution in [0.25, 0.3) is 0 Å². The van der Waals surface area contributed by atoms with E-state index < -0.39 is 10.0 Å². The lowest BCUT2D eigenvalue weighted by Crippen LogP contribution is -2.38. The number of nitrogens with one attached hydrogen (secondary N) is 1. The van der Waals surface area contributed by atoms with Crippen LogP contribution in [0.5, 0.6) is 0 Å². The number of hydrogen-bond acceptors (Lipinski definition) is 4. The van der Waals surface area contributed by atoms with Crippen LogP contribution in [-0.4, -0.2) is 57.4 Å². The van der Waals surface area contributed by atoms with Crippen molar-refractivity contribution in [1.29, 1.82) is 0 Å². The average Bonchev–Trinajstić information content (AvgIpc) is 2.88. The molecular formula is C13H28N2O3S. The maximum absolute atomic E-state index is 12.2. The van der Waals surface area contributed by atoms with Crippen LogP contribution in [0.15, 0.2) is 0 Å². The zero-order valence-electron chi connectivity index (χ0n) is 12.2. The van der Waals surface area contributed by atoms with Gasteiger partial charge in [-0.3, -0.25) is 0 Å². The fraction of sp³-hybridized carbons (Fsp3) is 1.00. The number of rotatable bonds is 10. The first-order valence-electron chi connectivity index (χ1n) is 7.40. The number of nitrogens with zero attached hydrogens (tertiary/aromatic N) is 1. The Morgan fingerprint density at radius 1 is 1.32 bits per heavy atom. The van der Waals surface area contributed by atoms with Crippen LogP contribution < -0.4 is 5.32 Å². The molecule has 19 heavy (non-hydrogen) atoms. The average molecular weight is 292 g/mol. The van der Waals surface area contributed by atoms with Crippen molar-refractivity contribution < 1.29 is 13.2 Å². The van der Waals surface area contributed by atoms with E-state index in [-0.39, 0.29) is 11.9 Å². The Balaban J connectivity index is 2.34. The Hall–Kier alpha value is -0.170. The first-order valence-corrected chi connectivity index (χ1v) is 9.01. The SMILES string of the molecule is CCNCCCCS(=O)(=O)N(CC)CC1CCCO1. The zero-order chi connectivity index (χ0) is 14.1. The molecule has 1 heterocycles. The van der Waals surface area contributed by atoms with E-state index in [1.54, 1.807) is 4.31 Å². The van der Waals surface area contributed by atoms with Gasteiger partial charge in [-0.25, -0.2) is 8.42 Å². The highest BCUT2D eigenvalue weighted by Crippen LogP contribution is 2.15. The molecule has 1 fully saturated rings. The summed E-state index contributed by atoms with van der Waals surface area (Å²) in [5.74, 6) is 0.249. The van der Waals surface area contributed by atoms with Gasteiger partial charge < -0.3 is 10.1 Å². The Morgan fingerprint density at radius 2 is 2.11 bits per heavy atom. The molecule has 5 nitrogen and oxygen atoms in total. The second-order valence-electron chi connectivity index (χ2n) is 4.96. The first-order chi connectivity index (χ1) is 9.10. The Morgan fingerprint density at radius 3 is 2.68 bits per heavy atom. The van der Waals surface area contributed by atoms with Gasteiger partial charge in [-0.05, 0) is 38.8 Å². The molecule has 0 bridgehead atoms. The molecule has 1 N–H and O–H groups in total. The van der Waals surface area contributed by atoms with E-state index in [1.165, 1.54) is 0 Å². The molecule has 1 aliphatic heterocycles.